The largest absolute Gasteiger partial charge is 0.353 e. The molecule has 3 N–H and O–H groups in total. The van der Waals surface area contributed by atoms with E-state index in [0.717, 1.165) is 12.1 Å². The summed E-state index contributed by atoms with van der Waals surface area (Å²) in [6, 6.07) is 5.46. The van der Waals surface area contributed by atoms with Gasteiger partial charge in [-0.3, -0.25) is 10.1 Å². The minimum atomic E-state index is -0.280. The van der Waals surface area contributed by atoms with Crippen LogP contribution in [0.4, 0.5) is 22.7 Å². The fraction of sp³-hybridized carbons (Fsp3) is 0.350. The predicted octanol–water partition coefficient (Wildman–Crippen LogP) is 3.82. The Morgan fingerprint density at radius 3 is 2.68 bits per heavy atom. The standard InChI is InChI=1S/C20H25ClN8OS/c1-5-15-24-18(22-9-10-29(3)4)27-19(25-15)28-20-23-11-14(31-20)17(30)26-16-12(2)7-6-8-13(16)21/h6-8,11H,5,9-10H2,1-4H3,(H,26,30)(H2,22,23,24,25,27,28). The molecule has 2 heterocycles. The Balaban J connectivity index is 1.70. The van der Waals surface area contributed by atoms with Crippen LogP contribution in [0.5, 0.6) is 0 Å². The minimum absolute atomic E-state index is 0.280. The van der Waals surface area contributed by atoms with Crippen LogP contribution in [0.15, 0.2) is 24.4 Å². The Labute approximate surface area is 190 Å². The molecule has 0 unspecified atom stereocenters. The number of nitrogens with one attached hydrogen (secondary N) is 3. The lowest BCUT2D eigenvalue weighted by molar-refractivity contribution is 0.103. The molecule has 1 aromatic carbocycles. The van der Waals surface area contributed by atoms with Gasteiger partial charge in [0, 0.05) is 19.5 Å². The maximum atomic E-state index is 12.6. The Morgan fingerprint density at radius 2 is 1.97 bits per heavy atom. The third-order valence-electron chi connectivity index (χ3n) is 4.25. The molecule has 3 rings (SSSR count). The average molecular weight is 461 g/mol. The van der Waals surface area contributed by atoms with Gasteiger partial charge in [-0.25, -0.2) is 4.98 Å². The van der Waals surface area contributed by atoms with E-state index in [4.69, 9.17) is 11.6 Å². The highest BCUT2D eigenvalue weighted by Crippen LogP contribution is 2.27. The van der Waals surface area contributed by atoms with Crippen LogP contribution in [0.2, 0.25) is 5.02 Å². The van der Waals surface area contributed by atoms with Crippen molar-refractivity contribution in [1.82, 2.24) is 24.8 Å². The monoisotopic (exact) mass is 460 g/mol. The van der Waals surface area contributed by atoms with E-state index in [-0.39, 0.29) is 5.91 Å². The average Bonchev–Trinajstić information content (AvgIpc) is 3.19. The van der Waals surface area contributed by atoms with Gasteiger partial charge in [0.1, 0.15) is 10.7 Å². The number of para-hydroxylation sites is 1. The smallest absolute Gasteiger partial charge is 0.267 e. The van der Waals surface area contributed by atoms with Crippen LogP contribution in [0.3, 0.4) is 0 Å². The van der Waals surface area contributed by atoms with Gasteiger partial charge in [-0.05, 0) is 32.6 Å². The molecule has 0 saturated carbocycles. The second-order valence-electron chi connectivity index (χ2n) is 7.02. The van der Waals surface area contributed by atoms with Crippen LogP contribution in [0.1, 0.15) is 28.0 Å². The van der Waals surface area contributed by atoms with E-state index < -0.39 is 0 Å². The van der Waals surface area contributed by atoms with E-state index in [2.05, 4.69) is 40.8 Å². The Morgan fingerprint density at radius 1 is 1.19 bits per heavy atom. The summed E-state index contributed by atoms with van der Waals surface area (Å²) in [4.78, 5) is 32.6. The molecule has 2 aromatic heterocycles. The molecule has 1 amide bonds. The molecule has 31 heavy (non-hydrogen) atoms. The number of nitrogens with zero attached hydrogens (tertiary/aromatic N) is 5. The van der Waals surface area contributed by atoms with Crippen molar-refractivity contribution >= 4 is 51.6 Å². The number of likely N-dealkylation sites (N-methyl/N-ethyl adjacent to an activating group) is 1. The van der Waals surface area contributed by atoms with E-state index in [1.165, 1.54) is 17.5 Å². The Hall–Kier alpha value is -2.82. The quantitative estimate of drug-likeness (QED) is 0.442. The first kappa shape index (κ1) is 22.9. The molecule has 0 spiro atoms. The van der Waals surface area contributed by atoms with Gasteiger partial charge in [0.15, 0.2) is 5.13 Å². The molecule has 0 fully saturated rings. The molecule has 11 heteroatoms. The molecule has 0 atom stereocenters. The summed E-state index contributed by atoms with van der Waals surface area (Å²) in [7, 11) is 4.01. The van der Waals surface area contributed by atoms with Crippen LogP contribution >= 0.6 is 22.9 Å². The van der Waals surface area contributed by atoms with Crippen molar-refractivity contribution in [2.24, 2.45) is 0 Å². The first-order chi connectivity index (χ1) is 14.9. The maximum absolute atomic E-state index is 12.6. The summed E-state index contributed by atoms with van der Waals surface area (Å²) >= 11 is 7.40. The van der Waals surface area contributed by atoms with Gasteiger partial charge in [0.05, 0.1) is 16.9 Å². The highest BCUT2D eigenvalue weighted by Gasteiger charge is 2.15. The van der Waals surface area contributed by atoms with Gasteiger partial charge < -0.3 is 15.5 Å². The zero-order chi connectivity index (χ0) is 22.4. The summed E-state index contributed by atoms with van der Waals surface area (Å²) in [6.45, 7) is 5.43. The van der Waals surface area contributed by atoms with Crippen LogP contribution in [0.25, 0.3) is 0 Å². The number of halogens is 1. The Bertz CT molecular complexity index is 1040. The lowest BCUT2D eigenvalue weighted by Gasteiger charge is -2.11. The molecule has 0 aliphatic heterocycles. The molecule has 0 aliphatic carbocycles. The number of benzene rings is 1. The second-order valence-corrected chi connectivity index (χ2v) is 8.46. The van der Waals surface area contributed by atoms with Gasteiger partial charge in [0.2, 0.25) is 11.9 Å². The van der Waals surface area contributed by atoms with Gasteiger partial charge in [-0.1, -0.05) is 42.0 Å². The van der Waals surface area contributed by atoms with Gasteiger partial charge in [-0.2, -0.15) is 15.0 Å². The van der Waals surface area contributed by atoms with Crippen molar-refractivity contribution in [3.8, 4) is 0 Å². The normalized spacial score (nSPS) is 10.9. The number of aryl methyl sites for hydroxylation is 2. The summed E-state index contributed by atoms with van der Waals surface area (Å²) in [6.07, 6.45) is 2.18. The molecule has 9 nitrogen and oxygen atoms in total. The highest BCUT2D eigenvalue weighted by molar-refractivity contribution is 7.17. The maximum Gasteiger partial charge on any atom is 0.267 e. The zero-order valence-corrected chi connectivity index (χ0v) is 19.4. The minimum Gasteiger partial charge on any atom is -0.353 e. The first-order valence-electron chi connectivity index (χ1n) is 9.78. The molecule has 0 aliphatic rings. The van der Waals surface area contributed by atoms with Crippen molar-refractivity contribution in [2.75, 3.05) is 43.1 Å². The van der Waals surface area contributed by atoms with E-state index in [9.17, 15) is 4.79 Å². The number of hydrogen-bond acceptors (Lipinski definition) is 9. The van der Waals surface area contributed by atoms with Crippen molar-refractivity contribution in [3.63, 3.8) is 0 Å². The van der Waals surface area contributed by atoms with Gasteiger partial charge in [0.25, 0.3) is 5.91 Å². The topological polar surface area (TPSA) is 108 Å². The molecular weight excluding hydrogens is 436 g/mol. The van der Waals surface area contributed by atoms with Crippen molar-refractivity contribution < 1.29 is 4.79 Å². The SMILES string of the molecule is CCc1nc(NCCN(C)C)nc(Nc2ncc(C(=O)Nc3c(C)cccc3Cl)s2)n1. The van der Waals surface area contributed by atoms with E-state index >= 15 is 0 Å². The van der Waals surface area contributed by atoms with Crippen molar-refractivity contribution in [2.45, 2.75) is 20.3 Å². The first-order valence-corrected chi connectivity index (χ1v) is 11.0. The van der Waals surface area contributed by atoms with Crippen LogP contribution < -0.4 is 16.0 Å². The number of rotatable bonds is 9. The van der Waals surface area contributed by atoms with E-state index in [0.29, 0.717) is 51.4 Å². The van der Waals surface area contributed by atoms with Crippen LogP contribution in [-0.2, 0) is 6.42 Å². The zero-order valence-electron chi connectivity index (χ0n) is 17.9. The fourth-order valence-electron chi connectivity index (χ4n) is 2.60. The molecule has 0 saturated heterocycles. The predicted molar refractivity (Wildman–Crippen MR) is 126 cm³/mol. The Kier molecular flexibility index (Phi) is 7.72. The summed E-state index contributed by atoms with van der Waals surface area (Å²) < 4.78 is 0. The number of amides is 1. The van der Waals surface area contributed by atoms with E-state index in [1.807, 2.05) is 40.1 Å². The third-order valence-corrected chi connectivity index (χ3v) is 5.48. The lowest BCUT2D eigenvalue weighted by atomic mass is 10.2. The number of thiazole rings is 1. The van der Waals surface area contributed by atoms with Crippen molar-refractivity contribution in [3.05, 3.63) is 45.7 Å². The number of hydrogen-bond donors (Lipinski definition) is 3. The van der Waals surface area contributed by atoms with Gasteiger partial charge in [-0.15, -0.1) is 0 Å². The summed E-state index contributed by atoms with van der Waals surface area (Å²) in [5.74, 6) is 1.26. The third kappa shape index (κ3) is 6.33. The fourth-order valence-corrected chi connectivity index (χ4v) is 3.58. The van der Waals surface area contributed by atoms with Crippen molar-refractivity contribution in [1.29, 1.82) is 0 Å². The number of carbonyl (C=O) groups is 1. The highest BCUT2D eigenvalue weighted by atomic mass is 35.5. The lowest BCUT2D eigenvalue weighted by Crippen LogP contribution is -2.22. The number of carbonyl (C=O) groups excluding carboxylic acids is 1. The summed E-state index contributed by atoms with van der Waals surface area (Å²) in [5.41, 5.74) is 1.48. The molecule has 0 bridgehead atoms. The number of aromatic nitrogens is 4. The molecular formula is C20H25ClN8OS. The van der Waals surface area contributed by atoms with Crippen LogP contribution in [-0.4, -0.2) is 57.9 Å². The second kappa shape index (κ2) is 10.5. The number of anilines is 4. The van der Waals surface area contributed by atoms with E-state index in [1.54, 1.807) is 6.07 Å². The van der Waals surface area contributed by atoms with Crippen LogP contribution in [0, 0.1) is 6.92 Å². The molecule has 3 aromatic rings. The van der Waals surface area contributed by atoms with Gasteiger partial charge >= 0.3 is 0 Å². The molecule has 0 radical (unpaired) electrons. The summed E-state index contributed by atoms with van der Waals surface area (Å²) in [5, 5.41) is 10.1. The molecule has 164 valence electrons.